The van der Waals surface area contributed by atoms with E-state index in [2.05, 4.69) is 86.0 Å². The Balaban J connectivity index is 2.04. The van der Waals surface area contributed by atoms with Gasteiger partial charge in [-0.25, -0.2) is 0 Å². The fourth-order valence-corrected chi connectivity index (χ4v) is 4.66. The first kappa shape index (κ1) is 16.0. The van der Waals surface area contributed by atoms with Crippen LogP contribution in [0.5, 0.6) is 0 Å². The van der Waals surface area contributed by atoms with Crippen LogP contribution in [0, 0.1) is 5.92 Å². The van der Waals surface area contributed by atoms with Crippen LogP contribution in [0.4, 0.5) is 5.69 Å². The average molecular weight is 321 g/mol. The molecule has 0 aromatic heterocycles. The molecular weight excluding hydrogens is 297 g/mol. The first-order valence-electron chi connectivity index (χ1n) is 8.23. The highest BCUT2D eigenvalue weighted by atomic mass is 31.1. The number of nitrogens with zero attached hydrogens (tertiary/aromatic N) is 1. The fourth-order valence-electron chi connectivity index (χ4n) is 3.10. The Morgan fingerprint density at radius 1 is 1.26 bits per heavy atom. The number of hydrogen-bond acceptors (Lipinski definition) is 1. The minimum atomic E-state index is 0.389. The molecule has 0 N–H and O–H groups in total. The topological polar surface area (TPSA) is 3.24 Å². The van der Waals surface area contributed by atoms with E-state index in [0.29, 0.717) is 11.7 Å². The maximum atomic E-state index is 4.05. The van der Waals surface area contributed by atoms with Gasteiger partial charge in [0.15, 0.2) is 0 Å². The first-order valence-corrected chi connectivity index (χ1v) is 9.30. The molecule has 1 nitrogen and oxygen atoms in total. The molecule has 1 heterocycles. The minimum absolute atomic E-state index is 0.389. The van der Waals surface area contributed by atoms with Crippen LogP contribution < -0.4 is 4.90 Å². The highest BCUT2D eigenvalue weighted by molar-refractivity contribution is 7.45. The quantitative estimate of drug-likeness (QED) is 0.614. The molecule has 0 saturated carbocycles. The van der Waals surface area contributed by atoms with Gasteiger partial charge < -0.3 is 4.90 Å². The number of allylic oxidation sites excluding steroid dienone is 6. The van der Waals surface area contributed by atoms with Crippen molar-refractivity contribution >= 4 is 14.3 Å². The van der Waals surface area contributed by atoms with Gasteiger partial charge in [0.05, 0.1) is 5.78 Å². The number of para-hydroxylation sites is 1. The summed E-state index contributed by atoms with van der Waals surface area (Å²) in [6.45, 7) is 8.40. The van der Waals surface area contributed by atoms with Crippen LogP contribution in [0.25, 0.3) is 0 Å². The van der Waals surface area contributed by atoms with Gasteiger partial charge in [-0.3, -0.25) is 0 Å². The van der Waals surface area contributed by atoms with Crippen molar-refractivity contribution < 1.29 is 0 Å². The smallest absolute Gasteiger partial charge is 0.0797 e. The van der Waals surface area contributed by atoms with Gasteiger partial charge in [0.2, 0.25) is 0 Å². The van der Waals surface area contributed by atoms with Crippen molar-refractivity contribution in [2.45, 2.75) is 26.1 Å². The Kier molecular flexibility index (Phi) is 4.98. The molecule has 1 aliphatic heterocycles. The Labute approximate surface area is 141 Å². The van der Waals surface area contributed by atoms with Crippen LogP contribution in [0.1, 0.15) is 20.3 Å². The van der Waals surface area contributed by atoms with E-state index < -0.39 is 0 Å². The molecule has 3 unspecified atom stereocenters. The molecule has 0 radical (unpaired) electrons. The monoisotopic (exact) mass is 321 g/mol. The van der Waals surface area contributed by atoms with Crippen LogP contribution in [-0.4, -0.2) is 5.78 Å². The maximum absolute atomic E-state index is 4.05. The summed E-state index contributed by atoms with van der Waals surface area (Å²) in [7, 11) is 0.727. The van der Waals surface area contributed by atoms with Crippen molar-refractivity contribution in [1.82, 2.24) is 0 Å². The van der Waals surface area contributed by atoms with Crippen molar-refractivity contribution in [1.29, 1.82) is 0 Å². The normalized spacial score (nSPS) is 25.5. The SMILES string of the molecule is C=CC1=C(/C=C\C)N(c2ccccc2)C(C2=CCC(C)C=C2)P1. The van der Waals surface area contributed by atoms with Crippen LogP contribution in [0.2, 0.25) is 0 Å². The van der Waals surface area contributed by atoms with E-state index in [-0.39, 0.29) is 0 Å². The Morgan fingerprint density at radius 3 is 2.65 bits per heavy atom. The summed E-state index contributed by atoms with van der Waals surface area (Å²) in [5, 5.41) is 1.35. The number of anilines is 1. The number of rotatable bonds is 4. The van der Waals surface area contributed by atoms with Crippen molar-refractivity contribution in [3.8, 4) is 0 Å². The molecule has 0 spiro atoms. The molecule has 118 valence electrons. The summed E-state index contributed by atoms with van der Waals surface area (Å²) >= 11 is 0. The molecule has 0 fully saturated rings. The van der Waals surface area contributed by atoms with E-state index in [1.165, 1.54) is 22.3 Å². The fraction of sp³-hybridized carbons (Fsp3) is 0.238. The summed E-state index contributed by atoms with van der Waals surface area (Å²) in [5.41, 5.74) is 3.97. The summed E-state index contributed by atoms with van der Waals surface area (Å²) in [5.74, 6) is 1.04. The molecule has 1 aromatic rings. The van der Waals surface area contributed by atoms with Gasteiger partial charge in [-0.15, -0.1) is 0 Å². The second-order valence-corrected chi connectivity index (χ2v) is 7.41. The van der Waals surface area contributed by atoms with E-state index in [9.17, 15) is 0 Å². The van der Waals surface area contributed by atoms with Gasteiger partial charge in [-0.1, -0.05) is 70.7 Å². The molecule has 2 aliphatic rings. The lowest BCUT2D eigenvalue weighted by Crippen LogP contribution is -2.29. The summed E-state index contributed by atoms with van der Waals surface area (Å²) in [6, 6.07) is 10.7. The van der Waals surface area contributed by atoms with Gasteiger partial charge in [0.1, 0.15) is 0 Å². The zero-order valence-corrected chi connectivity index (χ0v) is 14.9. The second-order valence-electron chi connectivity index (χ2n) is 6.03. The molecule has 0 saturated heterocycles. The zero-order chi connectivity index (χ0) is 16.2. The molecular formula is C21H24NP. The molecule has 3 atom stereocenters. The molecule has 2 heteroatoms. The van der Waals surface area contributed by atoms with Crippen molar-refractivity contribution in [2.24, 2.45) is 5.92 Å². The van der Waals surface area contributed by atoms with E-state index in [1.54, 1.807) is 0 Å². The van der Waals surface area contributed by atoms with E-state index in [0.717, 1.165) is 15.0 Å². The molecule has 1 aliphatic carbocycles. The second kappa shape index (κ2) is 7.15. The maximum Gasteiger partial charge on any atom is 0.0797 e. The third-order valence-corrected chi connectivity index (χ3v) is 5.94. The summed E-state index contributed by atoms with van der Waals surface area (Å²) < 4.78 is 0. The Hall–Kier alpha value is -1.85. The predicted molar refractivity (Wildman–Crippen MR) is 104 cm³/mol. The molecule has 23 heavy (non-hydrogen) atoms. The van der Waals surface area contributed by atoms with Gasteiger partial charge in [0, 0.05) is 11.4 Å². The van der Waals surface area contributed by atoms with Crippen LogP contribution in [0.3, 0.4) is 0 Å². The predicted octanol–water partition coefficient (Wildman–Crippen LogP) is 6.01. The molecule has 3 rings (SSSR count). The van der Waals surface area contributed by atoms with E-state index in [1.807, 2.05) is 6.08 Å². The molecule has 0 amide bonds. The standard InChI is InChI=1S/C21H24NP/c1-4-9-19-20(5-2)23-21(17-14-12-16(3)13-15-17)22(19)18-10-7-6-8-11-18/h4-12,14-16,21,23H,2,13H2,1,3H3/b9-4-. The minimum Gasteiger partial charge on any atom is -0.329 e. The van der Waals surface area contributed by atoms with E-state index >= 15 is 0 Å². The van der Waals surface area contributed by atoms with Crippen molar-refractivity contribution in [3.05, 3.63) is 90.0 Å². The summed E-state index contributed by atoms with van der Waals surface area (Å²) in [4.78, 5) is 2.47. The molecule has 1 aromatic carbocycles. The van der Waals surface area contributed by atoms with Crippen molar-refractivity contribution in [2.75, 3.05) is 4.90 Å². The van der Waals surface area contributed by atoms with Gasteiger partial charge in [0.25, 0.3) is 0 Å². The lowest BCUT2D eigenvalue weighted by molar-refractivity contribution is 0.725. The summed E-state index contributed by atoms with van der Waals surface area (Å²) in [6.07, 6.45) is 14.6. The van der Waals surface area contributed by atoms with Crippen LogP contribution in [-0.2, 0) is 0 Å². The first-order chi connectivity index (χ1) is 11.2. The highest BCUT2D eigenvalue weighted by Crippen LogP contribution is 2.50. The average Bonchev–Trinajstić information content (AvgIpc) is 2.95. The Bertz CT molecular complexity index is 694. The Morgan fingerprint density at radius 2 is 2.04 bits per heavy atom. The molecule has 0 bridgehead atoms. The van der Waals surface area contributed by atoms with Gasteiger partial charge in [-0.2, -0.15) is 0 Å². The van der Waals surface area contributed by atoms with Crippen molar-refractivity contribution in [3.63, 3.8) is 0 Å². The van der Waals surface area contributed by atoms with Gasteiger partial charge in [-0.05, 0) is 48.4 Å². The zero-order valence-electron chi connectivity index (χ0n) is 13.9. The van der Waals surface area contributed by atoms with Crippen LogP contribution >= 0.6 is 8.58 Å². The third kappa shape index (κ3) is 3.26. The van der Waals surface area contributed by atoms with Crippen LogP contribution in [0.15, 0.2) is 90.0 Å². The van der Waals surface area contributed by atoms with E-state index in [4.69, 9.17) is 0 Å². The lowest BCUT2D eigenvalue weighted by Gasteiger charge is -2.31. The number of benzene rings is 1. The lowest BCUT2D eigenvalue weighted by atomic mass is 9.98. The number of hydrogen-bond donors (Lipinski definition) is 0. The largest absolute Gasteiger partial charge is 0.329 e. The highest BCUT2D eigenvalue weighted by Gasteiger charge is 2.32. The third-order valence-electron chi connectivity index (χ3n) is 4.31. The van der Waals surface area contributed by atoms with Gasteiger partial charge >= 0.3 is 0 Å².